The zero-order chi connectivity index (χ0) is 19.1. The Labute approximate surface area is 150 Å². The number of hydrogen-bond acceptors (Lipinski definition) is 6. The molecule has 0 radical (unpaired) electrons. The van der Waals surface area contributed by atoms with Crippen molar-refractivity contribution in [3.05, 3.63) is 0 Å². The smallest absolute Gasteiger partial charge is 0.0696 e. The average Bonchev–Trinajstić information content (AvgIpc) is 2.46. The monoisotopic (exact) mass is 342 g/mol. The molecule has 1 saturated heterocycles. The van der Waals surface area contributed by atoms with Gasteiger partial charge in [-0.25, -0.2) is 0 Å². The summed E-state index contributed by atoms with van der Waals surface area (Å²) in [6.07, 6.45) is 0. The van der Waals surface area contributed by atoms with Crippen molar-refractivity contribution >= 4 is 0 Å². The Bertz CT molecular complexity index is 346. The highest BCUT2D eigenvalue weighted by molar-refractivity contribution is 4.91. The van der Waals surface area contributed by atoms with Gasteiger partial charge in [0.05, 0.1) is 37.0 Å². The Kier molecular flexibility index (Phi) is 6.52. The van der Waals surface area contributed by atoms with Crippen molar-refractivity contribution in [3.8, 4) is 0 Å². The summed E-state index contributed by atoms with van der Waals surface area (Å²) >= 11 is 0. The third-order valence-corrected chi connectivity index (χ3v) is 6.63. The first-order valence-electron chi connectivity index (χ1n) is 8.92. The molecule has 1 rings (SSSR count). The summed E-state index contributed by atoms with van der Waals surface area (Å²) in [7, 11) is 13.0. The molecule has 0 aliphatic carbocycles. The first-order valence-corrected chi connectivity index (χ1v) is 8.92. The van der Waals surface area contributed by atoms with E-state index in [9.17, 15) is 0 Å². The van der Waals surface area contributed by atoms with Crippen LogP contribution >= 0.6 is 0 Å². The molecule has 6 nitrogen and oxygen atoms in total. The lowest BCUT2D eigenvalue weighted by molar-refractivity contribution is -0.199. The highest BCUT2D eigenvalue weighted by Crippen LogP contribution is 2.30. The maximum absolute atomic E-state index is 2.56. The second kappa shape index (κ2) is 7.17. The molecule has 0 unspecified atom stereocenters. The van der Waals surface area contributed by atoms with E-state index in [1.54, 1.807) is 0 Å². The molecule has 24 heavy (non-hydrogen) atoms. The minimum atomic E-state index is -0.0122. The third-order valence-electron chi connectivity index (χ3n) is 6.63. The minimum absolute atomic E-state index is 0.0122. The van der Waals surface area contributed by atoms with Crippen LogP contribution in [0.3, 0.4) is 0 Å². The second-order valence-electron chi connectivity index (χ2n) is 9.21. The van der Waals surface area contributed by atoms with Crippen molar-refractivity contribution < 1.29 is 0 Å². The van der Waals surface area contributed by atoms with Crippen molar-refractivity contribution in [2.45, 2.75) is 58.5 Å². The summed E-state index contributed by atoms with van der Waals surface area (Å²) in [5.41, 5.74) is -0.0366. The molecule has 1 aliphatic rings. The fraction of sp³-hybridized carbons (Fsp3) is 1.00. The second-order valence-corrected chi connectivity index (χ2v) is 9.21. The molecule has 0 saturated carbocycles. The topological polar surface area (TPSA) is 19.4 Å². The molecule has 0 N–H and O–H groups in total. The first-order chi connectivity index (χ1) is 10.6. The molecular formula is C18H42N6. The fourth-order valence-electron chi connectivity index (χ4n) is 2.64. The Hall–Kier alpha value is -0.240. The zero-order valence-electron chi connectivity index (χ0n) is 18.3. The van der Waals surface area contributed by atoms with Crippen molar-refractivity contribution in [2.75, 3.05) is 62.3 Å². The molecule has 1 fully saturated rings. The average molecular weight is 343 g/mol. The van der Waals surface area contributed by atoms with Crippen molar-refractivity contribution in [2.24, 2.45) is 0 Å². The van der Waals surface area contributed by atoms with Crippen LogP contribution in [0.25, 0.3) is 0 Å². The number of hydrogen-bond donors (Lipinski definition) is 0. The lowest BCUT2D eigenvalue weighted by atomic mass is 10.1. The van der Waals surface area contributed by atoms with E-state index in [0.29, 0.717) is 0 Å². The van der Waals surface area contributed by atoms with Gasteiger partial charge in [0.1, 0.15) is 0 Å². The summed E-state index contributed by atoms with van der Waals surface area (Å²) < 4.78 is 0. The van der Waals surface area contributed by atoms with Gasteiger partial charge in [0, 0.05) is 0 Å². The van der Waals surface area contributed by atoms with Gasteiger partial charge < -0.3 is 0 Å². The normalized spacial score (nSPS) is 20.6. The van der Waals surface area contributed by atoms with E-state index >= 15 is 0 Å². The highest BCUT2D eigenvalue weighted by atomic mass is 15.6. The molecule has 0 aromatic heterocycles. The maximum atomic E-state index is 2.56. The quantitative estimate of drug-likeness (QED) is 0.726. The van der Waals surface area contributed by atoms with E-state index in [1.807, 2.05) is 0 Å². The van der Waals surface area contributed by atoms with Crippen LogP contribution in [0.4, 0.5) is 0 Å². The molecular weight excluding hydrogens is 300 g/mol. The van der Waals surface area contributed by atoms with Gasteiger partial charge in [-0.1, -0.05) is 0 Å². The fourth-order valence-corrected chi connectivity index (χ4v) is 2.64. The molecule has 0 spiro atoms. The van der Waals surface area contributed by atoms with E-state index < -0.39 is 0 Å². The Morgan fingerprint density at radius 3 is 0.750 bits per heavy atom. The SMILES string of the molecule is CN(C)C(C)(C)N1CN(C(C)(C)N(C)C)CN(C(C)(C)N(C)C)C1. The predicted octanol–water partition coefficient (Wildman–Crippen LogP) is 1.67. The van der Waals surface area contributed by atoms with Gasteiger partial charge in [0.25, 0.3) is 0 Å². The van der Waals surface area contributed by atoms with Gasteiger partial charge in [-0.05, 0) is 83.8 Å². The standard InChI is InChI=1S/C18H42N6/c1-16(2,19(7)8)22-13-23(17(3,4)20(9)10)15-24(14-22)18(5,6)21(11)12/h13-15H2,1-12H3. The Balaban J connectivity index is 3.22. The summed E-state index contributed by atoms with van der Waals surface area (Å²) in [5.74, 6) is 0. The van der Waals surface area contributed by atoms with Crippen LogP contribution in [0.1, 0.15) is 41.5 Å². The molecule has 0 atom stereocenters. The van der Waals surface area contributed by atoms with Crippen LogP contribution in [-0.2, 0) is 0 Å². The van der Waals surface area contributed by atoms with Crippen LogP contribution < -0.4 is 0 Å². The van der Waals surface area contributed by atoms with Gasteiger partial charge in [0.15, 0.2) is 0 Å². The van der Waals surface area contributed by atoms with Crippen LogP contribution in [0.5, 0.6) is 0 Å². The molecule has 1 aliphatic heterocycles. The molecule has 144 valence electrons. The van der Waals surface area contributed by atoms with Gasteiger partial charge >= 0.3 is 0 Å². The van der Waals surface area contributed by atoms with Gasteiger partial charge in [0.2, 0.25) is 0 Å². The molecule has 6 heteroatoms. The van der Waals surface area contributed by atoms with Gasteiger partial charge in [-0.3, -0.25) is 29.4 Å². The van der Waals surface area contributed by atoms with Crippen LogP contribution in [0.15, 0.2) is 0 Å². The zero-order valence-corrected chi connectivity index (χ0v) is 18.3. The lowest BCUT2D eigenvalue weighted by Gasteiger charge is -2.59. The van der Waals surface area contributed by atoms with Crippen LogP contribution in [0, 0.1) is 0 Å². The molecule has 0 aromatic carbocycles. The van der Waals surface area contributed by atoms with Crippen molar-refractivity contribution in [1.29, 1.82) is 0 Å². The van der Waals surface area contributed by atoms with Crippen LogP contribution in [-0.4, -0.2) is 109 Å². The summed E-state index contributed by atoms with van der Waals surface area (Å²) in [6.45, 7) is 16.7. The number of rotatable bonds is 6. The third kappa shape index (κ3) is 4.11. The van der Waals surface area contributed by atoms with Gasteiger partial charge in [-0.2, -0.15) is 0 Å². The molecule has 0 bridgehead atoms. The lowest BCUT2D eigenvalue weighted by Crippen LogP contribution is -2.73. The van der Waals surface area contributed by atoms with Crippen LogP contribution in [0.2, 0.25) is 0 Å². The molecule has 0 aromatic rings. The van der Waals surface area contributed by atoms with E-state index in [0.717, 1.165) is 20.0 Å². The largest absolute Gasteiger partial charge is 0.292 e. The van der Waals surface area contributed by atoms with Crippen molar-refractivity contribution in [1.82, 2.24) is 29.4 Å². The summed E-state index contributed by atoms with van der Waals surface area (Å²) in [6, 6.07) is 0. The van der Waals surface area contributed by atoms with E-state index in [2.05, 4.69) is 113 Å². The minimum Gasteiger partial charge on any atom is -0.292 e. The highest BCUT2D eigenvalue weighted by Gasteiger charge is 2.44. The first kappa shape index (κ1) is 21.8. The van der Waals surface area contributed by atoms with E-state index in [1.165, 1.54) is 0 Å². The maximum Gasteiger partial charge on any atom is 0.0696 e. The van der Waals surface area contributed by atoms with E-state index in [4.69, 9.17) is 0 Å². The predicted molar refractivity (Wildman–Crippen MR) is 103 cm³/mol. The van der Waals surface area contributed by atoms with Crippen molar-refractivity contribution in [3.63, 3.8) is 0 Å². The van der Waals surface area contributed by atoms with Gasteiger partial charge in [-0.15, -0.1) is 0 Å². The van der Waals surface area contributed by atoms with E-state index in [-0.39, 0.29) is 17.0 Å². The molecule has 0 amide bonds. The summed E-state index contributed by atoms with van der Waals surface area (Å²) in [4.78, 5) is 14.6. The molecule has 1 heterocycles. The number of nitrogens with zero attached hydrogens (tertiary/aromatic N) is 6. The summed E-state index contributed by atoms with van der Waals surface area (Å²) in [5, 5.41) is 0. The Morgan fingerprint density at radius 2 is 0.625 bits per heavy atom. The Morgan fingerprint density at radius 1 is 0.458 bits per heavy atom.